The van der Waals surface area contributed by atoms with Crippen LogP contribution in [0, 0.1) is 11.3 Å². The number of carbonyl (C=O) groups is 3. The van der Waals surface area contributed by atoms with E-state index in [1.807, 2.05) is 0 Å². The number of amides is 3. The number of carbonyl (C=O) groups excluding carboxylic acids is 3. The SMILES string of the molecule is CC(C)(C)OC(=O)Nc1ccc(/C=C/C(CC(=O)N2CCCC2C#N)NC(=O)OC(C)(C)C)cc1. The third-order valence-electron chi connectivity index (χ3n) is 4.90. The van der Waals surface area contributed by atoms with Gasteiger partial charge in [-0.2, -0.15) is 5.26 Å². The van der Waals surface area contributed by atoms with Gasteiger partial charge in [0.25, 0.3) is 0 Å². The second kappa shape index (κ2) is 11.7. The van der Waals surface area contributed by atoms with Gasteiger partial charge in [-0.1, -0.05) is 24.3 Å². The number of benzene rings is 1. The van der Waals surface area contributed by atoms with Crippen molar-refractivity contribution >= 4 is 29.9 Å². The Bertz CT molecular complexity index is 967. The predicted octanol–water partition coefficient (Wildman–Crippen LogP) is 4.84. The summed E-state index contributed by atoms with van der Waals surface area (Å²) in [5, 5.41) is 14.7. The van der Waals surface area contributed by atoms with Crippen molar-refractivity contribution in [3.8, 4) is 6.07 Å². The molecule has 2 unspecified atom stereocenters. The lowest BCUT2D eigenvalue weighted by Gasteiger charge is -2.24. The van der Waals surface area contributed by atoms with E-state index < -0.39 is 35.5 Å². The number of nitrogens with zero attached hydrogens (tertiary/aromatic N) is 2. The zero-order valence-electron chi connectivity index (χ0n) is 21.4. The van der Waals surface area contributed by atoms with Crippen molar-refractivity contribution < 1.29 is 23.9 Å². The van der Waals surface area contributed by atoms with E-state index in [-0.39, 0.29) is 12.3 Å². The molecular weight excluding hydrogens is 448 g/mol. The van der Waals surface area contributed by atoms with E-state index >= 15 is 0 Å². The molecular formula is C26H36N4O5. The van der Waals surface area contributed by atoms with Crippen molar-refractivity contribution in [2.75, 3.05) is 11.9 Å². The van der Waals surface area contributed by atoms with Gasteiger partial charge in [-0.05, 0) is 72.1 Å². The summed E-state index contributed by atoms with van der Waals surface area (Å²) in [6.07, 6.45) is 3.77. The first-order valence-electron chi connectivity index (χ1n) is 11.7. The number of hydrogen-bond acceptors (Lipinski definition) is 6. The monoisotopic (exact) mass is 484 g/mol. The van der Waals surface area contributed by atoms with Crippen LogP contribution in [0.25, 0.3) is 6.08 Å². The van der Waals surface area contributed by atoms with Crippen LogP contribution >= 0.6 is 0 Å². The Morgan fingerprint density at radius 2 is 1.69 bits per heavy atom. The van der Waals surface area contributed by atoms with Crippen LogP contribution in [-0.4, -0.2) is 52.8 Å². The molecule has 2 atom stereocenters. The summed E-state index contributed by atoms with van der Waals surface area (Å²) in [6, 6.07) is 8.15. The molecule has 0 aromatic heterocycles. The number of ether oxygens (including phenoxy) is 2. The molecule has 2 rings (SSSR count). The van der Waals surface area contributed by atoms with E-state index in [1.165, 1.54) is 0 Å². The van der Waals surface area contributed by atoms with Crippen molar-refractivity contribution in [1.29, 1.82) is 5.26 Å². The Kier molecular flexibility index (Phi) is 9.29. The third kappa shape index (κ3) is 10.1. The van der Waals surface area contributed by atoms with Crippen molar-refractivity contribution in [2.24, 2.45) is 0 Å². The molecule has 9 heteroatoms. The molecule has 0 bridgehead atoms. The molecule has 35 heavy (non-hydrogen) atoms. The Morgan fingerprint density at radius 1 is 1.09 bits per heavy atom. The molecule has 1 aromatic carbocycles. The molecule has 1 aliphatic heterocycles. The zero-order chi connectivity index (χ0) is 26.2. The molecule has 0 aliphatic carbocycles. The Morgan fingerprint density at radius 3 is 2.26 bits per heavy atom. The van der Waals surface area contributed by atoms with Crippen LogP contribution in [0.2, 0.25) is 0 Å². The van der Waals surface area contributed by atoms with Gasteiger partial charge in [0.2, 0.25) is 5.91 Å². The van der Waals surface area contributed by atoms with E-state index in [0.29, 0.717) is 18.7 Å². The molecule has 1 saturated heterocycles. The van der Waals surface area contributed by atoms with Gasteiger partial charge in [0.1, 0.15) is 17.2 Å². The van der Waals surface area contributed by atoms with Gasteiger partial charge in [0.15, 0.2) is 0 Å². The first kappa shape index (κ1) is 27.7. The van der Waals surface area contributed by atoms with Gasteiger partial charge in [-0.15, -0.1) is 0 Å². The van der Waals surface area contributed by atoms with E-state index in [1.54, 1.807) is 82.9 Å². The molecule has 9 nitrogen and oxygen atoms in total. The molecule has 1 heterocycles. The minimum Gasteiger partial charge on any atom is -0.444 e. The molecule has 3 amide bonds. The lowest BCUT2D eigenvalue weighted by atomic mass is 10.1. The highest BCUT2D eigenvalue weighted by Gasteiger charge is 2.30. The van der Waals surface area contributed by atoms with Gasteiger partial charge >= 0.3 is 12.2 Å². The number of likely N-dealkylation sites (tertiary alicyclic amines) is 1. The highest BCUT2D eigenvalue weighted by Crippen LogP contribution is 2.19. The minimum atomic E-state index is -0.680. The molecule has 1 aromatic rings. The third-order valence-corrected chi connectivity index (χ3v) is 4.90. The van der Waals surface area contributed by atoms with E-state index in [4.69, 9.17) is 9.47 Å². The second-order valence-corrected chi connectivity index (χ2v) is 10.4. The van der Waals surface area contributed by atoms with Crippen LogP contribution in [0.1, 0.15) is 66.4 Å². The fourth-order valence-electron chi connectivity index (χ4n) is 3.46. The van der Waals surface area contributed by atoms with Crippen molar-refractivity contribution in [1.82, 2.24) is 10.2 Å². The van der Waals surface area contributed by atoms with E-state index in [9.17, 15) is 19.6 Å². The van der Waals surface area contributed by atoms with Gasteiger partial charge in [-0.3, -0.25) is 10.1 Å². The summed E-state index contributed by atoms with van der Waals surface area (Å²) in [5.41, 5.74) is 0.105. The van der Waals surface area contributed by atoms with Crippen molar-refractivity contribution in [2.45, 2.75) is 84.1 Å². The molecule has 1 aliphatic rings. The predicted molar refractivity (Wildman–Crippen MR) is 133 cm³/mol. The maximum absolute atomic E-state index is 12.8. The van der Waals surface area contributed by atoms with Crippen LogP contribution < -0.4 is 10.6 Å². The van der Waals surface area contributed by atoms with Crippen LogP contribution in [0.3, 0.4) is 0 Å². The summed E-state index contributed by atoms with van der Waals surface area (Å²) in [7, 11) is 0. The normalized spacial score (nSPS) is 16.9. The first-order chi connectivity index (χ1) is 16.3. The Hall–Kier alpha value is -3.54. The maximum Gasteiger partial charge on any atom is 0.412 e. The number of alkyl carbamates (subject to hydrolysis) is 1. The molecule has 0 spiro atoms. The highest BCUT2D eigenvalue weighted by molar-refractivity contribution is 5.85. The fraction of sp³-hybridized carbons (Fsp3) is 0.538. The zero-order valence-corrected chi connectivity index (χ0v) is 21.4. The largest absolute Gasteiger partial charge is 0.444 e. The topological polar surface area (TPSA) is 121 Å². The lowest BCUT2D eigenvalue weighted by Crippen LogP contribution is -2.43. The minimum absolute atomic E-state index is 0.00616. The first-order valence-corrected chi connectivity index (χ1v) is 11.7. The lowest BCUT2D eigenvalue weighted by molar-refractivity contribution is -0.131. The number of nitriles is 1. The molecule has 2 N–H and O–H groups in total. The van der Waals surface area contributed by atoms with E-state index in [2.05, 4.69) is 16.7 Å². The maximum atomic E-state index is 12.8. The van der Waals surface area contributed by atoms with Crippen molar-refractivity contribution in [3.63, 3.8) is 0 Å². The Balaban J connectivity index is 2.09. The summed E-state index contributed by atoms with van der Waals surface area (Å²) in [6.45, 7) is 11.2. The second-order valence-electron chi connectivity index (χ2n) is 10.4. The average molecular weight is 485 g/mol. The summed E-state index contributed by atoms with van der Waals surface area (Å²) in [4.78, 5) is 38.7. The van der Waals surface area contributed by atoms with E-state index in [0.717, 1.165) is 12.0 Å². The van der Waals surface area contributed by atoms with Crippen LogP contribution in [0.5, 0.6) is 0 Å². The smallest absolute Gasteiger partial charge is 0.412 e. The molecule has 0 radical (unpaired) electrons. The Labute approximate surface area is 207 Å². The van der Waals surface area contributed by atoms with Crippen LogP contribution in [-0.2, 0) is 14.3 Å². The highest BCUT2D eigenvalue weighted by atomic mass is 16.6. The fourth-order valence-corrected chi connectivity index (χ4v) is 3.46. The molecule has 0 saturated carbocycles. The van der Waals surface area contributed by atoms with Gasteiger partial charge in [0, 0.05) is 12.2 Å². The van der Waals surface area contributed by atoms with Gasteiger partial charge < -0.3 is 19.7 Å². The number of rotatable bonds is 6. The number of nitrogens with one attached hydrogen (secondary N) is 2. The van der Waals surface area contributed by atoms with Crippen LogP contribution in [0.4, 0.5) is 15.3 Å². The molecule has 1 fully saturated rings. The summed E-state index contributed by atoms with van der Waals surface area (Å²) >= 11 is 0. The van der Waals surface area contributed by atoms with Gasteiger partial charge in [0.05, 0.1) is 18.5 Å². The quantitative estimate of drug-likeness (QED) is 0.596. The van der Waals surface area contributed by atoms with Crippen LogP contribution in [0.15, 0.2) is 30.3 Å². The summed E-state index contributed by atoms with van der Waals surface area (Å²) in [5.74, 6) is -0.198. The van der Waals surface area contributed by atoms with Crippen molar-refractivity contribution in [3.05, 3.63) is 35.9 Å². The standard InChI is InChI=1S/C26H36N4O5/c1-25(2,3)34-23(32)28-19-12-9-18(10-13-19)11-14-20(29-24(33)35-26(4,5)6)16-22(31)30-15-7-8-21(30)17-27/h9-14,20-21H,7-8,15-16H2,1-6H3,(H,28,32)(H,29,33)/b14-11+. The molecule has 190 valence electrons. The summed E-state index contributed by atoms with van der Waals surface area (Å²) < 4.78 is 10.6. The number of anilines is 1. The average Bonchev–Trinajstić information content (AvgIpc) is 3.19. The number of hydrogen-bond donors (Lipinski definition) is 2. The van der Waals surface area contributed by atoms with Gasteiger partial charge in [-0.25, -0.2) is 9.59 Å².